The number of hydrogen-bond donors (Lipinski definition) is 0. The van der Waals surface area contributed by atoms with Crippen LogP contribution in [0.4, 0.5) is 5.69 Å². The predicted molar refractivity (Wildman–Crippen MR) is 112 cm³/mol. The van der Waals surface area contributed by atoms with E-state index in [-0.39, 0.29) is 11.3 Å². The van der Waals surface area contributed by atoms with Crippen LogP contribution < -0.4 is 9.64 Å². The predicted octanol–water partition coefficient (Wildman–Crippen LogP) is 3.19. The van der Waals surface area contributed by atoms with Crippen molar-refractivity contribution in [3.63, 3.8) is 0 Å². The lowest BCUT2D eigenvalue weighted by Crippen LogP contribution is -2.27. The minimum absolute atomic E-state index is 0.0372. The van der Waals surface area contributed by atoms with Crippen molar-refractivity contribution in [2.45, 2.75) is 6.42 Å². The van der Waals surface area contributed by atoms with Crippen LogP contribution in [-0.2, 0) is 25.5 Å². The number of methoxy groups -OCH3 is 2. The Morgan fingerprint density at radius 2 is 1.73 bits per heavy atom. The summed E-state index contributed by atoms with van der Waals surface area (Å²) in [7, 11) is 2.52. The average molecular weight is 406 g/mol. The monoisotopic (exact) mass is 406 g/mol. The first kappa shape index (κ1) is 20.9. The number of aromatic nitrogens is 1. The zero-order chi connectivity index (χ0) is 21.3. The lowest BCUT2D eigenvalue weighted by Gasteiger charge is -2.25. The van der Waals surface area contributed by atoms with E-state index >= 15 is 0 Å². The molecule has 0 fully saturated rings. The summed E-state index contributed by atoms with van der Waals surface area (Å²) in [4.78, 5) is 30.8. The van der Waals surface area contributed by atoms with Crippen LogP contribution in [0.1, 0.15) is 5.69 Å². The molecule has 30 heavy (non-hydrogen) atoms. The Balaban J connectivity index is 1.94. The molecule has 0 saturated heterocycles. The molecule has 1 aromatic heterocycles. The fraction of sp³-hybridized carbons (Fsp3) is 0.174. The number of carbonyl (C=O) groups excluding carboxylic acids is 2. The molecule has 0 unspecified atom stereocenters. The Kier molecular flexibility index (Phi) is 7.00. The first-order chi connectivity index (χ1) is 14.7. The standard InChI is InChI=1S/C23H22N2O5/c1-28-22(26)18-10-6-8-15-25(21(18)23(27)29-2)19-11-3-4-12-20(19)30-16-13-17-9-5-7-14-24-17/h3-12,14-15H,13,16H2,1-2H3. The molecule has 0 aliphatic carbocycles. The largest absolute Gasteiger partial charge is 0.491 e. The van der Waals surface area contributed by atoms with Crippen LogP contribution in [0.3, 0.4) is 0 Å². The van der Waals surface area contributed by atoms with Crippen molar-refractivity contribution in [3.05, 3.63) is 90.1 Å². The van der Waals surface area contributed by atoms with Gasteiger partial charge in [-0.3, -0.25) is 4.98 Å². The van der Waals surface area contributed by atoms with Gasteiger partial charge in [0.1, 0.15) is 11.4 Å². The maximum absolute atomic E-state index is 12.6. The van der Waals surface area contributed by atoms with Crippen molar-refractivity contribution < 1.29 is 23.8 Å². The van der Waals surface area contributed by atoms with Crippen LogP contribution in [0.15, 0.2) is 84.4 Å². The molecule has 1 aliphatic rings. The summed E-state index contributed by atoms with van der Waals surface area (Å²) in [6.45, 7) is 0.394. The number of nitrogens with zero attached hydrogens (tertiary/aromatic N) is 2. The van der Waals surface area contributed by atoms with Gasteiger partial charge in [0, 0.05) is 24.5 Å². The van der Waals surface area contributed by atoms with Gasteiger partial charge in [-0.2, -0.15) is 0 Å². The average Bonchev–Trinajstić information content (AvgIpc) is 3.02. The van der Waals surface area contributed by atoms with Gasteiger partial charge >= 0.3 is 11.9 Å². The number of hydrogen-bond acceptors (Lipinski definition) is 7. The maximum atomic E-state index is 12.6. The van der Waals surface area contributed by atoms with Gasteiger partial charge in [-0.15, -0.1) is 0 Å². The minimum atomic E-state index is -0.671. The van der Waals surface area contributed by atoms with E-state index in [1.165, 1.54) is 20.3 Å². The third-order valence-corrected chi connectivity index (χ3v) is 4.36. The zero-order valence-corrected chi connectivity index (χ0v) is 16.8. The van der Waals surface area contributed by atoms with Gasteiger partial charge < -0.3 is 19.1 Å². The van der Waals surface area contributed by atoms with E-state index in [1.54, 1.807) is 41.6 Å². The SMILES string of the molecule is COC(=O)C1=C(C(=O)OC)N(c2ccccc2OCCc2ccccn2)C=CC=C1. The first-order valence-electron chi connectivity index (χ1n) is 9.32. The van der Waals surface area contributed by atoms with E-state index in [2.05, 4.69) is 4.98 Å². The highest BCUT2D eigenvalue weighted by Gasteiger charge is 2.28. The van der Waals surface area contributed by atoms with Crippen LogP contribution in [0, 0.1) is 0 Å². The summed E-state index contributed by atoms with van der Waals surface area (Å²) in [5, 5.41) is 0. The van der Waals surface area contributed by atoms with Crippen molar-refractivity contribution >= 4 is 17.6 Å². The Morgan fingerprint density at radius 1 is 0.967 bits per heavy atom. The smallest absolute Gasteiger partial charge is 0.355 e. The van der Waals surface area contributed by atoms with Crippen LogP contribution in [0.2, 0.25) is 0 Å². The quantitative estimate of drug-likeness (QED) is 0.654. The second-order valence-electron chi connectivity index (χ2n) is 6.20. The number of benzene rings is 1. The van der Waals surface area contributed by atoms with Crippen LogP contribution in [0.25, 0.3) is 0 Å². The van der Waals surface area contributed by atoms with Crippen molar-refractivity contribution in [1.29, 1.82) is 0 Å². The molecule has 0 saturated carbocycles. The van der Waals surface area contributed by atoms with Crippen molar-refractivity contribution in [2.24, 2.45) is 0 Å². The van der Waals surface area contributed by atoms with Gasteiger partial charge in [-0.25, -0.2) is 9.59 Å². The number of pyridine rings is 1. The van der Waals surface area contributed by atoms with Crippen molar-refractivity contribution in [2.75, 3.05) is 25.7 Å². The first-order valence-corrected chi connectivity index (χ1v) is 9.32. The van der Waals surface area contributed by atoms with Gasteiger partial charge in [0.2, 0.25) is 0 Å². The highest BCUT2D eigenvalue weighted by molar-refractivity contribution is 6.05. The molecular weight excluding hydrogens is 384 g/mol. The number of para-hydroxylation sites is 2. The molecule has 7 nitrogen and oxygen atoms in total. The van der Waals surface area contributed by atoms with Crippen LogP contribution in [0.5, 0.6) is 5.75 Å². The fourth-order valence-electron chi connectivity index (χ4n) is 2.94. The number of esters is 2. The van der Waals surface area contributed by atoms with Gasteiger partial charge in [-0.1, -0.05) is 24.3 Å². The third kappa shape index (κ3) is 4.75. The molecule has 3 rings (SSSR count). The summed E-state index contributed by atoms with van der Waals surface area (Å²) in [5.74, 6) is -0.769. The summed E-state index contributed by atoms with van der Waals surface area (Å²) < 4.78 is 15.8. The number of allylic oxidation sites excluding steroid dienone is 2. The summed E-state index contributed by atoms with van der Waals surface area (Å²) in [5.41, 5.74) is 1.62. The molecule has 0 bridgehead atoms. The second kappa shape index (κ2) is 10.1. The molecule has 1 aromatic carbocycles. The number of carbonyl (C=O) groups is 2. The van der Waals surface area contributed by atoms with E-state index in [0.29, 0.717) is 24.5 Å². The lowest BCUT2D eigenvalue weighted by atomic mass is 10.1. The summed E-state index contributed by atoms with van der Waals surface area (Å²) in [6, 6.07) is 13.0. The fourth-order valence-corrected chi connectivity index (χ4v) is 2.94. The number of ether oxygens (including phenoxy) is 3. The van der Waals surface area contributed by atoms with E-state index in [4.69, 9.17) is 14.2 Å². The molecule has 2 aromatic rings. The van der Waals surface area contributed by atoms with Crippen LogP contribution >= 0.6 is 0 Å². The lowest BCUT2D eigenvalue weighted by molar-refractivity contribution is -0.139. The number of rotatable bonds is 7. The maximum Gasteiger partial charge on any atom is 0.355 e. The van der Waals surface area contributed by atoms with E-state index in [9.17, 15) is 9.59 Å². The van der Waals surface area contributed by atoms with E-state index in [1.807, 2.05) is 30.3 Å². The molecular formula is C23H22N2O5. The zero-order valence-electron chi connectivity index (χ0n) is 16.8. The Morgan fingerprint density at radius 3 is 2.47 bits per heavy atom. The molecule has 1 aliphatic heterocycles. The molecule has 7 heteroatoms. The van der Waals surface area contributed by atoms with Gasteiger partial charge in [0.25, 0.3) is 0 Å². The normalized spacial score (nSPS) is 13.1. The van der Waals surface area contributed by atoms with Gasteiger partial charge in [0.05, 0.1) is 32.1 Å². The number of anilines is 1. The molecule has 154 valence electrons. The van der Waals surface area contributed by atoms with E-state index < -0.39 is 11.9 Å². The Bertz CT molecular complexity index is 996. The van der Waals surface area contributed by atoms with Crippen LogP contribution in [-0.4, -0.2) is 37.7 Å². The van der Waals surface area contributed by atoms with Gasteiger partial charge in [-0.05, 0) is 36.4 Å². The van der Waals surface area contributed by atoms with Gasteiger partial charge in [0.15, 0.2) is 0 Å². The topological polar surface area (TPSA) is 78.0 Å². The highest BCUT2D eigenvalue weighted by Crippen LogP contribution is 2.34. The molecule has 0 spiro atoms. The van der Waals surface area contributed by atoms with E-state index in [0.717, 1.165) is 5.69 Å². The molecule has 2 heterocycles. The molecule has 0 atom stereocenters. The second-order valence-corrected chi connectivity index (χ2v) is 6.20. The molecule has 0 amide bonds. The third-order valence-electron chi connectivity index (χ3n) is 4.36. The Labute approximate surface area is 174 Å². The summed E-state index contributed by atoms with van der Waals surface area (Å²) >= 11 is 0. The molecule has 0 radical (unpaired) electrons. The van der Waals surface area contributed by atoms with Crippen molar-refractivity contribution in [3.8, 4) is 5.75 Å². The summed E-state index contributed by atoms with van der Waals surface area (Å²) in [6.07, 6.45) is 8.90. The molecule has 0 N–H and O–H groups in total. The van der Waals surface area contributed by atoms with Crippen molar-refractivity contribution in [1.82, 2.24) is 4.98 Å². The highest BCUT2D eigenvalue weighted by atomic mass is 16.5. The Hall–Kier alpha value is -3.87. The minimum Gasteiger partial charge on any atom is -0.491 e.